The Morgan fingerprint density at radius 3 is 2.94 bits per heavy atom. The van der Waals surface area contributed by atoms with E-state index >= 15 is 0 Å². The molecule has 3 nitrogen and oxygen atoms in total. The van der Waals surface area contributed by atoms with E-state index in [2.05, 4.69) is 46.4 Å². The lowest BCUT2D eigenvalue weighted by Crippen LogP contribution is -2.20. The van der Waals surface area contributed by atoms with E-state index in [9.17, 15) is 4.79 Å². The second-order valence-electron chi connectivity index (χ2n) is 4.81. The fraction of sp³-hybridized carbons (Fsp3) is 0.667. The van der Waals surface area contributed by atoms with Crippen molar-refractivity contribution in [3.63, 3.8) is 0 Å². The zero-order chi connectivity index (χ0) is 12.4. The van der Waals surface area contributed by atoms with Gasteiger partial charge >= 0.3 is 0 Å². The lowest BCUT2D eigenvalue weighted by Gasteiger charge is -2.12. The van der Waals surface area contributed by atoms with Crippen molar-refractivity contribution in [3.05, 3.63) is 25.4 Å². The molecule has 2 heterocycles. The van der Waals surface area contributed by atoms with Gasteiger partial charge in [-0.2, -0.15) is 11.8 Å². The van der Waals surface area contributed by atoms with Crippen LogP contribution in [0.5, 0.6) is 0 Å². The molecule has 1 N–H and O–H groups in total. The van der Waals surface area contributed by atoms with Gasteiger partial charge in [0.15, 0.2) is 0 Å². The van der Waals surface area contributed by atoms with Gasteiger partial charge in [-0.1, -0.05) is 13.8 Å². The Balaban J connectivity index is 2.34. The molecule has 0 bridgehead atoms. The average molecular weight is 364 g/mol. The summed E-state index contributed by atoms with van der Waals surface area (Å²) in [4.78, 5) is 19.5. The third kappa shape index (κ3) is 3.24. The maximum absolute atomic E-state index is 11.9. The first-order valence-electron chi connectivity index (χ1n) is 5.98. The van der Waals surface area contributed by atoms with Gasteiger partial charge in [0.05, 0.1) is 14.5 Å². The maximum Gasteiger partial charge on any atom is 0.264 e. The summed E-state index contributed by atoms with van der Waals surface area (Å²) >= 11 is 4.01. The number of nitrogens with zero attached hydrogens (tertiary/aromatic N) is 1. The number of hydrogen-bond donors (Lipinski definition) is 1. The highest BCUT2D eigenvalue weighted by Crippen LogP contribution is 2.37. The van der Waals surface area contributed by atoms with Crippen LogP contribution in [-0.2, 0) is 6.42 Å². The smallest absolute Gasteiger partial charge is 0.264 e. The molecule has 1 aromatic heterocycles. The molecule has 2 rings (SSSR count). The summed E-state index contributed by atoms with van der Waals surface area (Å²) in [6.45, 7) is 4.31. The van der Waals surface area contributed by atoms with Crippen LogP contribution in [0.4, 0.5) is 0 Å². The number of nitrogens with one attached hydrogen (secondary N) is 1. The summed E-state index contributed by atoms with van der Waals surface area (Å²) in [7, 11) is 0. The Labute approximate surface area is 119 Å². The topological polar surface area (TPSA) is 45.8 Å². The largest absolute Gasteiger partial charge is 0.309 e. The monoisotopic (exact) mass is 364 g/mol. The number of H-pyrrole nitrogens is 1. The number of thioether (sulfide) groups is 1. The molecule has 5 heteroatoms. The first-order chi connectivity index (χ1) is 8.08. The fourth-order valence-electron chi connectivity index (χ4n) is 1.99. The molecule has 1 aromatic rings. The molecule has 1 unspecified atom stereocenters. The molecule has 0 aliphatic carbocycles. The highest BCUT2D eigenvalue weighted by Gasteiger charge is 2.21. The zero-order valence-corrected chi connectivity index (χ0v) is 13.1. The molecule has 0 saturated carbocycles. The van der Waals surface area contributed by atoms with Crippen molar-refractivity contribution in [2.24, 2.45) is 5.92 Å². The zero-order valence-electron chi connectivity index (χ0n) is 10.1. The molecular formula is C12H17IN2OS. The van der Waals surface area contributed by atoms with E-state index < -0.39 is 0 Å². The molecule has 0 spiro atoms. The Bertz CT molecular complexity index is 452. The minimum Gasteiger partial charge on any atom is -0.309 e. The SMILES string of the molecule is CC(C)Cc1nc(C2CCCS2)[nH]c(=O)c1I. The van der Waals surface area contributed by atoms with Crippen molar-refractivity contribution in [2.75, 3.05) is 5.75 Å². The summed E-state index contributed by atoms with van der Waals surface area (Å²) < 4.78 is 0.753. The van der Waals surface area contributed by atoms with Crippen LogP contribution in [0.1, 0.15) is 43.5 Å². The number of halogens is 1. The predicted molar refractivity (Wildman–Crippen MR) is 80.5 cm³/mol. The molecule has 17 heavy (non-hydrogen) atoms. The highest BCUT2D eigenvalue weighted by atomic mass is 127. The van der Waals surface area contributed by atoms with E-state index in [1.54, 1.807) is 0 Å². The van der Waals surface area contributed by atoms with E-state index in [1.165, 1.54) is 12.2 Å². The normalized spacial score (nSPS) is 20.1. The lowest BCUT2D eigenvalue weighted by atomic mass is 10.1. The summed E-state index contributed by atoms with van der Waals surface area (Å²) in [6, 6.07) is 0. The van der Waals surface area contributed by atoms with E-state index in [0.717, 1.165) is 27.9 Å². The number of aromatic nitrogens is 2. The van der Waals surface area contributed by atoms with Gasteiger partial charge in [-0.25, -0.2) is 4.98 Å². The van der Waals surface area contributed by atoms with Gasteiger partial charge in [-0.05, 0) is 53.5 Å². The van der Waals surface area contributed by atoms with Crippen molar-refractivity contribution >= 4 is 34.4 Å². The molecule has 94 valence electrons. The first kappa shape index (κ1) is 13.4. The van der Waals surface area contributed by atoms with Gasteiger partial charge < -0.3 is 4.98 Å². The predicted octanol–water partition coefficient (Wildman–Crippen LogP) is 3.14. The Hall–Kier alpha value is -0.0400. The van der Waals surface area contributed by atoms with Crippen LogP contribution in [0.3, 0.4) is 0 Å². The number of aromatic amines is 1. The lowest BCUT2D eigenvalue weighted by molar-refractivity contribution is 0.623. The van der Waals surface area contributed by atoms with Gasteiger partial charge in [-0.3, -0.25) is 4.79 Å². The summed E-state index contributed by atoms with van der Waals surface area (Å²) in [6.07, 6.45) is 3.24. The quantitative estimate of drug-likeness (QED) is 0.839. The van der Waals surface area contributed by atoms with Crippen LogP contribution < -0.4 is 5.56 Å². The molecule has 0 radical (unpaired) electrons. The Morgan fingerprint density at radius 2 is 2.35 bits per heavy atom. The van der Waals surface area contributed by atoms with Crippen LogP contribution in [0.15, 0.2) is 4.79 Å². The van der Waals surface area contributed by atoms with E-state index in [-0.39, 0.29) is 5.56 Å². The molecule has 1 saturated heterocycles. The molecule has 1 aliphatic rings. The van der Waals surface area contributed by atoms with Crippen LogP contribution in [0, 0.1) is 9.49 Å². The number of hydrogen-bond acceptors (Lipinski definition) is 3. The van der Waals surface area contributed by atoms with Crippen molar-refractivity contribution in [3.8, 4) is 0 Å². The summed E-state index contributed by atoms with van der Waals surface area (Å²) in [5.41, 5.74) is 0.991. The van der Waals surface area contributed by atoms with Gasteiger partial charge in [-0.15, -0.1) is 0 Å². The van der Waals surface area contributed by atoms with Crippen molar-refractivity contribution in [2.45, 2.75) is 38.4 Å². The summed E-state index contributed by atoms with van der Waals surface area (Å²) in [5, 5.41) is 0.394. The van der Waals surface area contributed by atoms with Gasteiger partial charge in [0, 0.05) is 0 Å². The van der Waals surface area contributed by atoms with Crippen molar-refractivity contribution in [1.82, 2.24) is 9.97 Å². The van der Waals surface area contributed by atoms with Crippen LogP contribution >= 0.6 is 34.4 Å². The third-order valence-corrected chi connectivity index (χ3v) is 5.28. The van der Waals surface area contributed by atoms with Crippen molar-refractivity contribution < 1.29 is 0 Å². The van der Waals surface area contributed by atoms with Crippen LogP contribution in [0.2, 0.25) is 0 Å². The van der Waals surface area contributed by atoms with Gasteiger partial charge in [0.2, 0.25) is 0 Å². The van der Waals surface area contributed by atoms with Crippen LogP contribution in [0.25, 0.3) is 0 Å². The first-order valence-corrected chi connectivity index (χ1v) is 8.11. The molecule has 1 aliphatic heterocycles. The average Bonchev–Trinajstić information content (AvgIpc) is 2.77. The summed E-state index contributed by atoms with van der Waals surface area (Å²) in [5.74, 6) is 2.59. The van der Waals surface area contributed by atoms with Gasteiger partial charge in [0.1, 0.15) is 5.82 Å². The minimum atomic E-state index is 0.0266. The second-order valence-corrected chi connectivity index (χ2v) is 7.20. The molecule has 0 amide bonds. The molecule has 0 aromatic carbocycles. The maximum atomic E-state index is 11.9. The molecular weight excluding hydrogens is 347 g/mol. The van der Waals surface area contributed by atoms with E-state index in [0.29, 0.717) is 11.2 Å². The Kier molecular flexibility index (Phi) is 4.52. The highest BCUT2D eigenvalue weighted by molar-refractivity contribution is 14.1. The third-order valence-electron chi connectivity index (χ3n) is 2.79. The second kappa shape index (κ2) is 5.73. The Morgan fingerprint density at radius 1 is 1.59 bits per heavy atom. The van der Waals surface area contributed by atoms with E-state index in [4.69, 9.17) is 0 Å². The van der Waals surface area contributed by atoms with Crippen LogP contribution in [-0.4, -0.2) is 15.7 Å². The number of rotatable bonds is 3. The minimum absolute atomic E-state index is 0.0266. The van der Waals surface area contributed by atoms with Gasteiger partial charge in [0.25, 0.3) is 5.56 Å². The molecule has 1 atom stereocenters. The molecule has 1 fully saturated rings. The fourth-order valence-corrected chi connectivity index (χ4v) is 3.69. The van der Waals surface area contributed by atoms with E-state index in [1.807, 2.05) is 11.8 Å². The standard InChI is InChI=1S/C12H17IN2OS/c1-7(2)6-8-10(13)12(16)15-11(14-8)9-4-3-5-17-9/h7,9H,3-6H2,1-2H3,(H,14,15,16). The van der Waals surface area contributed by atoms with Crippen molar-refractivity contribution in [1.29, 1.82) is 0 Å².